The Hall–Kier alpha value is -4.89. The molecule has 12 rings (SSSR count). The van der Waals surface area contributed by atoms with Gasteiger partial charge in [0, 0.05) is 34.6 Å². The van der Waals surface area contributed by atoms with Crippen LogP contribution in [0.15, 0.2) is 0 Å². The van der Waals surface area contributed by atoms with Crippen molar-refractivity contribution in [1.82, 2.24) is 26.6 Å². The summed E-state index contributed by atoms with van der Waals surface area (Å²) in [5.74, 6) is -4.98. The van der Waals surface area contributed by atoms with Gasteiger partial charge in [0.05, 0.1) is 79.3 Å². The fraction of sp³-hybridized carbons (Fsp3) is 0.939. The first kappa shape index (κ1) is 122. The highest BCUT2D eigenvalue weighted by Crippen LogP contribution is 2.42. The summed E-state index contributed by atoms with van der Waals surface area (Å²) < 4.78 is 138. The summed E-state index contributed by atoms with van der Waals surface area (Å²) in [6.45, 7) is -9.39. The number of hydrogen-bond donors (Lipinski definition) is 38. The average molecular weight is 2170 g/mol. The zero-order valence-corrected chi connectivity index (χ0v) is 79.3. The van der Waals surface area contributed by atoms with E-state index in [4.69, 9.17) is 109 Å². The van der Waals surface area contributed by atoms with Crippen molar-refractivity contribution in [3.8, 4) is 0 Å². The van der Waals surface area contributed by atoms with Gasteiger partial charge < -0.3 is 304 Å². The molecule has 0 radical (unpaired) electrons. The Bertz CT molecular complexity index is 4120. The van der Waals surface area contributed by atoms with E-state index in [2.05, 4.69) is 26.6 Å². The van der Waals surface area contributed by atoms with Crippen LogP contribution in [0.1, 0.15) is 34.6 Å². The smallest absolute Gasteiger partial charge is 0.217 e. The molecule has 12 fully saturated rings. The summed E-state index contributed by atoms with van der Waals surface area (Å²) in [7, 11) is 0. The third kappa shape index (κ3) is 27.0. The van der Waals surface area contributed by atoms with E-state index >= 15 is 0 Å². The molecule has 0 unspecified atom stereocenters. The lowest BCUT2D eigenvalue weighted by Gasteiger charge is -2.51. The molecule has 12 aliphatic heterocycles. The summed E-state index contributed by atoms with van der Waals surface area (Å²) in [5.41, 5.74) is 0. The molecule has 148 heavy (non-hydrogen) atoms. The summed E-state index contributed by atoms with van der Waals surface area (Å²) in [4.78, 5) is 65.4. The quantitative estimate of drug-likeness (QED) is 0.0272. The number of carbonyl (C=O) groups is 5. The molecular weight excluding hydrogens is 2030 g/mol. The van der Waals surface area contributed by atoms with Crippen molar-refractivity contribution in [3.63, 3.8) is 0 Å². The van der Waals surface area contributed by atoms with Crippen LogP contribution in [0.25, 0.3) is 0 Å². The SMILES string of the molecule is CC(=O)N[C@@H]1[C@@H](O)[C@H](O[C@@H]2O[C@H](CO[C@H]3O[C@H](CO[C@@H]4O[C@H](CO)[C@@H](O[C@@H]5O[C@H](CO)[C@H](O)[C@H](O)[C@H]5O)[C@H](O)[C@H]4NC(C)=O)[C@@H](O)[C@H](O)[C@@H]3O[C@@H]3O[C@H](CO)[C@@H](O[C@@H]4O[C@H](CO)[C@H](O)[C@H](O)[C@H]4O)[C@H](O)[C@H]3NC(C)=O)[C@@H](O)[C@H](O[C@H]3O[C@H](CO[C@@H]4O[C@H](CO)[C@@H](O[C@@H]5O[C@H](CO)[C@H](O)[C@H](O)[C@H]5O)[C@H](O)[C@H]4NC(C)=O)[C@@H](O)[C@H](O)[C@@H]3O[C@@H]3O[C@H](CO)[C@@H](O[C@@H]4O[C@H](CO)[C@H](O)[C@H](O)[C@H]4O)[C@H](O)[C@H]3NC(C)=O)[C@@H]2O)[C@@H](CO)O[C@H]1O. The Kier molecular flexibility index (Phi) is 43.9. The molecule has 0 aromatic carbocycles. The predicted molar refractivity (Wildman–Crippen MR) is 453 cm³/mol. The first-order chi connectivity index (χ1) is 70.0. The topological polar surface area (TPSA) is 1030 Å². The molecule has 0 saturated carbocycles. The maximum Gasteiger partial charge on any atom is 0.217 e. The molecule has 0 aliphatic carbocycles. The van der Waals surface area contributed by atoms with Gasteiger partial charge in [0.25, 0.3) is 0 Å². The Morgan fingerprint density at radius 3 is 0.662 bits per heavy atom. The first-order valence-electron chi connectivity index (χ1n) is 47.2. The van der Waals surface area contributed by atoms with Gasteiger partial charge in [-0.05, 0) is 0 Å². The standard InChI is InChI=1S/C82H137N5O61/c1-18(97)83-35-47(109)63(27(10-92)129-71(35)125)145-80-62(124)68(146-82-70(148-75-39(87-22(5)101)51(113)67(31(14-96)137-75)144-79-61(123)55(117)43(105)26(9-91)133-79)57(119)45(107)33(140-82)16-127-73-37(85-20(3)99)49(111)65(29(12-94)135-73)142-77-59(121)53(115)41(103)24(7-89)131-77)46(108)34(138-80)17-128-81-69(147-74-38(86-21(4)100)50(112)66(30(13-95)136-74)143-78-60(122)54(116)42(104)25(8-90)132-78)56(118)44(106)32(139-81)15-126-72-36(84-19(2)98)48(110)64(28(11-93)134-72)141-76-58(120)52(114)40(102)23(6-88)130-76/h23-82,88-96,102-125H,6-17H2,1-5H3,(H,83,97)(H,84,98)(H,85,99)(H,86,100)(H,87,101)/t23-,24-,25-,26-,27-,28-,29-,30-,31-,32-,33-,34-,35-,36-,37-,38-,39-,40+,41+,42+,43+,44-,45-,46-,47-,48-,49-,50-,51-,52+,53+,54+,55+,56+,57+,58-,59-,60-,61-,62+,63-,64-,65-,66-,67-,68+,69+,70+,71-,72-,73-,74+,75+,76+,77+,78+,79+,80+,81+,82-/m1/s1. The highest BCUT2D eigenvalue weighted by atomic mass is 16.8. The molecule has 5 amide bonds. The van der Waals surface area contributed by atoms with Crippen LogP contribution in [-0.2, 0) is 133 Å². The van der Waals surface area contributed by atoms with Crippen molar-refractivity contribution < 1.29 is 301 Å². The lowest BCUT2D eigenvalue weighted by Crippen LogP contribution is -2.70. The van der Waals surface area contributed by atoms with Crippen molar-refractivity contribution >= 4 is 29.5 Å². The van der Waals surface area contributed by atoms with Crippen molar-refractivity contribution in [2.45, 2.75) is 403 Å². The van der Waals surface area contributed by atoms with Crippen LogP contribution in [-0.4, -0.2) is 645 Å². The van der Waals surface area contributed by atoms with Gasteiger partial charge in [-0.25, -0.2) is 0 Å². The number of nitrogens with one attached hydrogen (secondary N) is 5. The van der Waals surface area contributed by atoms with Crippen molar-refractivity contribution in [2.24, 2.45) is 0 Å². The van der Waals surface area contributed by atoms with Gasteiger partial charge in [-0.1, -0.05) is 0 Å². The molecule has 38 N–H and O–H groups in total. The summed E-state index contributed by atoms with van der Waals surface area (Å²) in [6, 6.07) is -9.96. The van der Waals surface area contributed by atoms with Crippen molar-refractivity contribution in [2.75, 3.05) is 79.3 Å². The number of carbonyl (C=O) groups excluding carboxylic acids is 5. The monoisotopic (exact) mass is 2170 g/mol. The lowest BCUT2D eigenvalue weighted by atomic mass is 9.94. The second-order valence-electron chi connectivity index (χ2n) is 37.4. The van der Waals surface area contributed by atoms with Crippen LogP contribution >= 0.6 is 0 Å². The number of amides is 5. The normalized spacial score (nSPS) is 49.3. The Balaban J connectivity index is 0.923. The van der Waals surface area contributed by atoms with E-state index in [0.717, 1.165) is 34.6 Å². The fourth-order valence-corrected chi connectivity index (χ4v) is 19.1. The Labute approximate surface area is 837 Å². The van der Waals surface area contributed by atoms with Crippen LogP contribution in [0.2, 0.25) is 0 Å². The average Bonchev–Trinajstić information content (AvgIpc) is 0.761. The molecule has 66 nitrogen and oxygen atoms in total. The van der Waals surface area contributed by atoms with Gasteiger partial charge in [0.15, 0.2) is 75.5 Å². The number of hydrogen-bond acceptors (Lipinski definition) is 61. The molecule has 66 heteroatoms. The Morgan fingerprint density at radius 2 is 0.372 bits per heavy atom. The summed E-state index contributed by atoms with van der Waals surface area (Å²) >= 11 is 0. The van der Waals surface area contributed by atoms with E-state index in [9.17, 15) is 192 Å². The van der Waals surface area contributed by atoms with Gasteiger partial charge >= 0.3 is 0 Å². The highest BCUT2D eigenvalue weighted by molar-refractivity contribution is 5.75. The van der Waals surface area contributed by atoms with E-state index in [-0.39, 0.29) is 0 Å². The van der Waals surface area contributed by atoms with Gasteiger partial charge in [-0.15, -0.1) is 0 Å². The molecule has 0 bridgehead atoms. The van der Waals surface area contributed by atoms with Crippen LogP contribution in [0.4, 0.5) is 0 Å². The molecule has 12 heterocycles. The summed E-state index contributed by atoms with van der Waals surface area (Å²) in [6.07, 6.45) is -120. The van der Waals surface area contributed by atoms with E-state index in [1.807, 2.05) is 0 Å². The van der Waals surface area contributed by atoms with Crippen molar-refractivity contribution in [1.29, 1.82) is 0 Å². The number of aliphatic hydroxyl groups excluding tert-OH is 33. The third-order valence-corrected chi connectivity index (χ3v) is 27.1. The molecule has 12 aliphatic rings. The zero-order valence-electron chi connectivity index (χ0n) is 79.3. The number of ether oxygens (including phenoxy) is 23. The number of aliphatic hydroxyl groups is 33. The molecule has 60 atom stereocenters. The van der Waals surface area contributed by atoms with E-state index in [0.29, 0.717) is 0 Å². The molecule has 0 aromatic rings. The molecular formula is C82H137N5O61. The molecule has 0 spiro atoms. The predicted octanol–water partition coefficient (Wildman–Crippen LogP) is -26.4. The third-order valence-electron chi connectivity index (χ3n) is 27.1. The van der Waals surface area contributed by atoms with Gasteiger partial charge in [0.2, 0.25) is 29.5 Å². The largest absolute Gasteiger partial charge is 0.394 e. The van der Waals surface area contributed by atoms with E-state index in [1.165, 1.54) is 0 Å². The Morgan fingerprint density at radius 1 is 0.176 bits per heavy atom. The van der Waals surface area contributed by atoms with E-state index < -0.39 is 477 Å². The van der Waals surface area contributed by atoms with Crippen molar-refractivity contribution in [3.05, 3.63) is 0 Å². The minimum absolute atomic E-state index is 0.866. The van der Waals surface area contributed by atoms with Crippen LogP contribution in [0, 0.1) is 0 Å². The highest BCUT2D eigenvalue weighted by Gasteiger charge is 2.63. The molecule has 0 aromatic heterocycles. The van der Waals surface area contributed by atoms with Gasteiger partial charge in [-0.3, -0.25) is 24.0 Å². The lowest BCUT2D eigenvalue weighted by molar-refractivity contribution is -0.400. The second-order valence-corrected chi connectivity index (χ2v) is 37.4. The van der Waals surface area contributed by atoms with E-state index in [1.54, 1.807) is 0 Å². The minimum atomic E-state index is -2.76. The van der Waals surface area contributed by atoms with Gasteiger partial charge in [-0.2, -0.15) is 0 Å². The van der Waals surface area contributed by atoms with Crippen LogP contribution < -0.4 is 26.6 Å². The zero-order chi connectivity index (χ0) is 109. The molecule has 856 valence electrons. The fourth-order valence-electron chi connectivity index (χ4n) is 19.1. The second kappa shape index (κ2) is 53.4. The van der Waals surface area contributed by atoms with Crippen LogP contribution in [0.5, 0.6) is 0 Å². The maximum atomic E-state index is 13.3. The maximum absolute atomic E-state index is 13.3. The first-order valence-corrected chi connectivity index (χ1v) is 47.2. The van der Waals surface area contributed by atoms with Gasteiger partial charge in [0.1, 0.15) is 293 Å². The minimum Gasteiger partial charge on any atom is -0.394 e. The summed E-state index contributed by atoms with van der Waals surface area (Å²) in [5, 5.41) is 384. The van der Waals surface area contributed by atoms with Crippen LogP contribution in [0.3, 0.4) is 0 Å². The number of rotatable bonds is 39. The molecule has 12 saturated heterocycles.